The Labute approximate surface area is 126 Å². The molecule has 0 radical (unpaired) electrons. The fourth-order valence-corrected chi connectivity index (χ4v) is 4.90. The van der Waals surface area contributed by atoms with E-state index in [-0.39, 0.29) is 0 Å². The van der Waals surface area contributed by atoms with E-state index in [9.17, 15) is 8.42 Å². The highest BCUT2D eigenvalue weighted by Crippen LogP contribution is 2.25. The highest BCUT2D eigenvalue weighted by atomic mass is 32.2. The van der Waals surface area contributed by atoms with E-state index in [0.29, 0.717) is 29.9 Å². The molecule has 0 bridgehead atoms. The summed E-state index contributed by atoms with van der Waals surface area (Å²) in [4.78, 5) is 1.54. The van der Waals surface area contributed by atoms with Crippen LogP contribution in [0.5, 0.6) is 0 Å². The summed E-state index contributed by atoms with van der Waals surface area (Å²) in [5, 5.41) is 5.18. The van der Waals surface area contributed by atoms with E-state index in [4.69, 9.17) is 0 Å². The highest BCUT2D eigenvalue weighted by Gasteiger charge is 2.25. The van der Waals surface area contributed by atoms with Crippen molar-refractivity contribution in [2.75, 3.05) is 13.1 Å². The molecule has 0 unspecified atom stereocenters. The van der Waals surface area contributed by atoms with E-state index < -0.39 is 10.0 Å². The third-order valence-electron chi connectivity index (χ3n) is 3.33. The Kier molecular flexibility index (Phi) is 5.23. The number of thiophene rings is 1. The summed E-state index contributed by atoms with van der Waals surface area (Å²) >= 11 is 1.52. The second-order valence-corrected chi connectivity index (χ2v) is 8.69. The molecule has 1 aliphatic carbocycles. The molecular weight excluding hydrogens is 292 g/mol. The average molecular weight is 316 g/mol. The van der Waals surface area contributed by atoms with Crippen LogP contribution in [0.25, 0.3) is 0 Å². The van der Waals surface area contributed by atoms with Gasteiger partial charge in [0, 0.05) is 35.9 Å². The fraction of sp³-hybridized carbons (Fsp3) is 0.714. The molecule has 1 aromatic heterocycles. The van der Waals surface area contributed by atoms with Gasteiger partial charge in [0.05, 0.1) is 4.90 Å². The largest absolute Gasteiger partial charge is 0.309 e. The topological polar surface area (TPSA) is 49.4 Å². The monoisotopic (exact) mass is 316 g/mol. The van der Waals surface area contributed by atoms with Crippen LogP contribution in [0.4, 0.5) is 0 Å². The quantitative estimate of drug-likeness (QED) is 0.802. The van der Waals surface area contributed by atoms with Crippen LogP contribution in [0.3, 0.4) is 0 Å². The molecule has 20 heavy (non-hydrogen) atoms. The zero-order chi connectivity index (χ0) is 14.8. The van der Waals surface area contributed by atoms with Gasteiger partial charge in [-0.2, -0.15) is 4.31 Å². The van der Waals surface area contributed by atoms with Crippen LogP contribution in [-0.4, -0.2) is 31.9 Å². The lowest BCUT2D eigenvalue weighted by molar-refractivity contribution is 0.381. The molecule has 1 heterocycles. The minimum atomic E-state index is -3.33. The smallest absolute Gasteiger partial charge is 0.243 e. The van der Waals surface area contributed by atoms with Gasteiger partial charge in [-0.05, 0) is 24.8 Å². The Morgan fingerprint density at radius 3 is 2.70 bits per heavy atom. The number of nitrogens with zero attached hydrogens (tertiary/aromatic N) is 1. The van der Waals surface area contributed by atoms with Crippen LogP contribution in [0.1, 0.15) is 38.5 Å². The molecule has 0 atom stereocenters. The Morgan fingerprint density at radius 1 is 1.45 bits per heavy atom. The number of nitrogens with one attached hydrogen (secondary N) is 1. The van der Waals surface area contributed by atoms with Gasteiger partial charge in [-0.25, -0.2) is 8.42 Å². The molecular formula is C14H24N2O2S2. The standard InChI is InChI=1S/C14H24N2O2S2/c1-4-16(9-11(2)3)20(17,18)14-7-13(19-10-14)8-15-12-5-6-12/h7,10-12,15H,4-6,8-9H2,1-3H3. The maximum absolute atomic E-state index is 12.6. The predicted molar refractivity (Wildman–Crippen MR) is 83.5 cm³/mol. The van der Waals surface area contributed by atoms with Crippen LogP contribution in [-0.2, 0) is 16.6 Å². The Bertz CT molecular complexity index is 533. The second-order valence-electron chi connectivity index (χ2n) is 5.75. The lowest BCUT2D eigenvalue weighted by Gasteiger charge is -2.21. The van der Waals surface area contributed by atoms with E-state index in [1.807, 2.05) is 26.8 Å². The second kappa shape index (κ2) is 6.56. The van der Waals surface area contributed by atoms with Crippen molar-refractivity contribution in [1.82, 2.24) is 9.62 Å². The Balaban J connectivity index is 2.07. The summed E-state index contributed by atoms with van der Waals surface area (Å²) in [6, 6.07) is 2.46. The Hall–Kier alpha value is -0.430. The van der Waals surface area contributed by atoms with E-state index in [0.717, 1.165) is 11.4 Å². The molecule has 0 aliphatic heterocycles. The van der Waals surface area contributed by atoms with Crippen molar-refractivity contribution in [1.29, 1.82) is 0 Å². The van der Waals surface area contributed by atoms with Crippen molar-refractivity contribution in [3.8, 4) is 0 Å². The van der Waals surface area contributed by atoms with Crippen LogP contribution in [0.15, 0.2) is 16.3 Å². The van der Waals surface area contributed by atoms with Gasteiger partial charge in [0.2, 0.25) is 10.0 Å². The lowest BCUT2D eigenvalue weighted by atomic mass is 10.2. The molecule has 1 aliphatic rings. The van der Waals surface area contributed by atoms with Gasteiger partial charge >= 0.3 is 0 Å². The number of hydrogen-bond donors (Lipinski definition) is 1. The zero-order valence-electron chi connectivity index (χ0n) is 12.4. The summed E-state index contributed by atoms with van der Waals surface area (Å²) in [5.74, 6) is 0.333. The van der Waals surface area contributed by atoms with Crippen molar-refractivity contribution in [3.63, 3.8) is 0 Å². The van der Waals surface area contributed by atoms with Crippen molar-refractivity contribution >= 4 is 21.4 Å². The molecule has 0 saturated heterocycles. The van der Waals surface area contributed by atoms with Crippen molar-refractivity contribution < 1.29 is 8.42 Å². The first-order valence-electron chi connectivity index (χ1n) is 7.24. The zero-order valence-corrected chi connectivity index (χ0v) is 14.1. The predicted octanol–water partition coefficient (Wildman–Crippen LogP) is 2.67. The fourth-order valence-electron chi connectivity index (χ4n) is 2.07. The molecule has 2 rings (SSSR count). The minimum absolute atomic E-state index is 0.333. The van der Waals surface area contributed by atoms with Gasteiger partial charge < -0.3 is 5.32 Å². The van der Waals surface area contributed by atoms with E-state index in [1.54, 1.807) is 9.69 Å². The van der Waals surface area contributed by atoms with Gasteiger partial charge in [0.15, 0.2) is 0 Å². The molecule has 0 amide bonds. The van der Waals surface area contributed by atoms with Crippen LogP contribution < -0.4 is 5.32 Å². The first-order chi connectivity index (χ1) is 9.43. The molecule has 1 fully saturated rings. The van der Waals surface area contributed by atoms with Crippen LogP contribution in [0, 0.1) is 5.92 Å². The molecule has 1 aromatic rings. The number of hydrogen-bond acceptors (Lipinski definition) is 4. The third kappa shape index (κ3) is 4.04. The first kappa shape index (κ1) is 15.9. The number of rotatable bonds is 8. The highest BCUT2D eigenvalue weighted by molar-refractivity contribution is 7.89. The van der Waals surface area contributed by atoms with Crippen LogP contribution >= 0.6 is 11.3 Å². The first-order valence-corrected chi connectivity index (χ1v) is 9.56. The molecule has 6 heteroatoms. The van der Waals surface area contributed by atoms with E-state index in [1.165, 1.54) is 24.2 Å². The van der Waals surface area contributed by atoms with Crippen molar-refractivity contribution in [3.05, 3.63) is 16.3 Å². The summed E-state index contributed by atoms with van der Waals surface area (Å²) in [6.45, 7) is 7.84. The minimum Gasteiger partial charge on any atom is -0.309 e. The normalized spacial score (nSPS) is 16.2. The SMILES string of the molecule is CCN(CC(C)C)S(=O)(=O)c1csc(CNC2CC2)c1. The summed E-state index contributed by atoms with van der Waals surface area (Å²) in [7, 11) is -3.33. The van der Waals surface area contributed by atoms with Gasteiger partial charge in [0.25, 0.3) is 0 Å². The molecule has 114 valence electrons. The molecule has 4 nitrogen and oxygen atoms in total. The third-order valence-corrected chi connectivity index (χ3v) is 6.34. The van der Waals surface area contributed by atoms with Gasteiger partial charge in [-0.1, -0.05) is 20.8 Å². The molecule has 1 saturated carbocycles. The van der Waals surface area contributed by atoms with E-state index in [2.05, 4.69) is 5.32 Å². The summed E-state index contributed by atoms with van der Waals surface area (Å²) in [6.07, 6.45) is 2.49. The summed E-state index contributed by atoms with van der Waals surface area (Å²) in [5.41, 5.74) is 0. The van der Waals surface area contributed by atoms with Crippen molar-refractivity contribution in [2.45, 2.75) is 51.1 Å². The maximum atomic E-state index is 12.6. The van der Waals surface area contributed by atoms with Gasteiger partial charge in [-0.15, -0.1) is 11.3 Å². The molecule has 1 N–H and O–H groups in total. The Morgan fingerprint density at radius 2 is 2.15 bits per heavy atom. The van der Waals surface area contributed by atoms with Crippen LogP contribution in [0.2, 0.25) is 0 Å². The summed E-state index contributed by atoms with van der Waals surface area (Å²) < 4.78 is 26.7. The molecule has 0 aromatic carbocycles. The van der Waals surface area contributed by atoms with E-state index >= 15 is 0 Å². The molecule has 0 spiro atoms. The number of sulfonamides is 1. The van der Waals surface area contributed by atoms with Gasteiger partial charge in [0.1, 0.15) is 0 Å². The lowest BCUT2D eigenvalue weighted by Crippen LogP contribution is -2.33. The van der Waals surface area contributed by atoms with Gasteiger partial charge in [-0.3, -0.25) is 0 Å². The average Bonchev–Trinajstić information content (AvgIpc) is 3.09. The maximum Gasteiger partial charge on any atom is 0.243 e. The van der Waals surface area contributed by atoms with Crippen molar-refractivity contribution in [2.24, 2.45) is 5.92 Å².